The molecule has 1 aromatic heterocycles. The van der Waals surface area contributed by atoms with Crippen molar-refractivity contribution in [3.8, 4) is 0 Å². The highest BCUT2D eigenvalue weighted by Crippen LogP contribution is 2.16. The second-order valence-electron chi connectivity index (χ2n) is 3.87. The fourth-order valence-electron chi connectivity index (χ4n) is 1.55. The zero-order valence-corrected chi connectivity index (χ0v) is 10.9. The fourth-order valence-corrected chi connectivity index (χ4v) is 1.72. The molecular weight excluding hydrogens is 218 g/mol. The molecule has 0 amide bonds. The van der Waals surface area contributed by atoms with Crippen LogP contribution in [0.25, 0.3) is 0 Å². The number of anilines is 1. The Morgan fingerprint density at radius 1 is 1.44 bits per heavy atom. The minimum absolute atomic E-state index is 0.390. The maximum atomic E-state index is 5.67. The molecular formula is C12H19N3S. The summed E-state index contributed by atoms with van der Waals surface area (Å²) in [5.74, 6) is 0.807. The van der Waals surface area contributed by atoms with E-state index in [4.69, 9.17) is 18.0 Å². The quantitative estimate of drug-likeness (QED) is 0.773. The van der Waals surface area contributed by atoms with Crippen molar-refractivity contribution in [2.45, 2.75) is 39.7 Å². The molecule has 0 bridgehead atoms. The molecule has 0 saturated heterocycles. The Balaban J connectivity index is 3.00. The minimum atomic E-state index is 0.390. The standard InChI is InChI=1S/C12H19N3S/c1-4-9(5-2)15-12-10(11(13)16)7-6-8(3)14-12/h6-7,9H,4-5H2,1-3H3,(H2,13,16)(H,14,15). The molecule has 0 unspecified atom stereocenters. The normalized spacial score (nSPS) is 10.5. The first-order valence-electron chi connectivity index (χ1n) is 5.62. The van der Waals surface area contributed by atoms with Crippen LogP contribution in [0.4, 0.5) is 5.82 Å². The van der Waals surface area contributed by atoms with Crippen LogP contribution in [0.3, 0.4) is 0 Å². The van der Waals surface area contributed by atoms with Crippen molar-refractivity contribution >= 4 is 23.0 Å². The van der Waals surface area contributed by atoms with Gasteiger partial charge in [0.05, 0.1) is 5.56 Å². The number of thiocarbonyl (C=S) groups is 1. The highest BCUT2D eigenvalue weighted by molar-refractivity contribution is 7.80. The number of aromatic nitrogens is 1. The molecule has 0 aliphatic rings. The van der Waals surface area contributed by atoms with Gasteiger partial charge in [0, 0.05) is 11.7 Å². The Hall–Kier alpha value is -1.16. The van der Waals surface area contributed by atoms with Crippen molar-refractivity contribution in [2.24, 2.45) is 5.73 Å². The third-order valence-corrected chi connectivity index (χ3v) is 2.85. The van der Waals surface area contributed by atoms with Crippen molar-refractivity contribution in [3.05, 3.63) is 23.4 Å². The van der Waals surface area contributed by atoms with Crippen molar-refractivity contribution < 1.29 is 0 Å². The third kappa shape index (κ3) is 3.17. The molecule has 0 fully saturated rings. The maximum absolute atomic E-state index is 5.67. The van der Waals surface area contributed by atoms with Gasteiger partial charge in [-0.1, -0.05) is 26.1 Å². The van der Waals surface area contributed by atoms with Gasteiger partial charge in [-0.25, -0.2) is 4.98 Å². The van der Waals surface area contributed by atoms with Crippen LogP contribution in [0.15, 0.2) is 12.1 Å². The smallest absolute Gasteiger partial charge is 0.136 e. The van der Waals surface area contributed by atoms with Crippen molar-refractivity contribution in [3.63, 3.8) is 0 Å². The first-order valence-corrected chi connectivity index (χ1v) is 6.03. The average molecular weight is 237 g/mol. The number of hydrogen-bond donors (Lipinski definition) is 2. The monoisotopic (exact) mass is 237 g/mol. The van der Waals surface area contributed by atoms with E-state index >= 15 is 0 Å². The van der Waals surface area contributed by atoms with Gasteiger partial charge in [0.1, 0.15) is 10.8 Å². The van der Waals surface area contributed by atoms with Crippen LogP contribution in [-0.4, -0.2) is 16.0 Å². The zero-order valence-electron chi connectivity index (χ0n) is 10.1. The number of nitrogens with one attached hydrogen (secondary N) is 1. The summed E-state index contributed by atoms with van der Waals surface area (Å²) in [4.78, 5) is 4.84. The second-order valence-corrected chi connectivity index (χ2v) is 4.31. The molecule has 0 radical (unpaired) electrons. The van der Waals surface area contributed by atoms with Gasteiger partial charge in [-0.2, -0.15) is 0 Å². The number of nitrogens with two attached hydrogens (primary N) is 1. The fraction of sp³-hybridized carbons (Fsp3) is 0.500. The van der Waals surface area contributed by atoms with Crippen LogP contribution in [0.1, 0.15) is 37.9 Å². The lowest BCUT2D eigenvalue weighted by molar-refractivity contribution is 0.668. The molecule has 1 heterocycles. The SMILES string of the molecule is CCC(CC)Nc1nc(C)ccc1C(N)=S. The predicted octanol–water partition coefficient (Wildman–Crippen LogP) is 2.62. The van der Waals surface area contributed by atoms with E-state index in [9.17, 15) is 0 Å². The van der Waals surface area contributed by atoms with Crippen LogP contribution in [-0.2, 0) is 0 Å². The summed E-state index contributed by atoms with van der Waals surface area (Å²) in [6.07, 6.45) is 2.12. The Bertz CT molecular complexity index is 373. The molecule has 0 atom stereocenters. The molecule has 0 aromatic carbocycles. The summed E-state index contributed by atoms with van der Waals surface area (Å²) in [7, 11) is 0. The van der Waals surface area contributed by atoms with E-state index < -0.39 is 0 Å². The predicted molar refractivity (Wildman–Crippen MR) is 72.9 cm³/mol. The van der Waals surface area contributed by atoms with E-state index in [1.807, 2.05) is 19.1 Å². The Morgan fingerprint density at radius 2 is 2.06 bits per heavy atom. The van der Waals surface area contributed by atoms with Gasteiger partial charge in [-0.3, -0.25) is 0 Å². The molecule has 0 spiro atoms. The van der Waals surface area contributed by atoms with Gasteiger partial charge >= 0.3 is 0 Å². The van der Waals surface area contributed by atoms with Crippen LogP contribution in [0.2, 0.25) is 0 Å². The molecule has 0 aliphatic heterocycles. The zero-order chi connectivity index (χ0) is 12.1. The van der Waals surface area contributed by atoms with Gasteiger partial charge in [-0.15, -0.1) is 0 Å². The number of pyridine rings is 1. The summed E-state index contributed by atoms with van der Waals surface area (Å²) < 4.78 is 0. The maximum Gasteiger partial charge on any atom is 0.136 e. The number of nitrogens with zero attached hydrogens (tertiary/aromatic N) is 1. The molecule has 3 N–H and O–H groups in total. The lowest BCUT2D eigenvalue weighted by Crippen LogP contribution is -2.22. The minimum Gasteiger partial charge on any atom is -0.389 e. The van der Waals surface area contributed by atoms with Crippen molar-refractivity contribution in [1.82, 2.24) is 4.98 Å². The first kappa shape index (κ1) is 12.9. The largest absolute Gasteiger partial charge is 0.389 e. The van der Waals surface area contributed by atoms with Crippen LogP contribution >= 0.6 is 12.2 Å². The lowest BCUT2D eigenvalue weighted by Gasteiger charge is -2.18. The molecule has 1 aromatic rings. The molecule has 16 heavy (non-hydrogen) atoms. The van der Waals surface area contributed by atoms with Gasteiger partial charge < -0.3 is 11.1 Å². The topological polar surface area (TPSA) is 50.9 Å². The summed E-state index contributed by atoms with van der Waals surface area (Å²) in [5.41, 5.74) is 7.47. The summed E-state index contributed by atoms with van der Waals surface area (Å²) in [6, 6.07) is 4.27. The van der Waals surface area contributed by atoms with Gasteiger partial charge in [0.15, 0.2) is 0 Å². The molecule has 3 nitrogen and oxygen atoms in total. The Labute approximate surface area is 102 Å². The van der Waals surface area contributed by atoms with E-state index in [0.29, 0.717) is 11.0 Å². The van der Waals surface area contributed by atoms with Crippen molar-refractivity contribution in [1.29, 1.82) is 0 Å². The third-order valence-electron chi connectivity index (χ3n) is 2.63. The van der Waals surface area contributed by atoms with Crippen molar-refractivity contribution in [2.75, 3.05) is 5.32 Å². The van der Waals surface area contributed by atoms with Crippen LogP contribution in [0.5, 0.6) is 0 Å². The van der Waals surface area contributed by atoms with E-state index in [0.717, 1.165) is 29.9 Å². The second kappa shape index (κ2) is 5.80. The average Bonchev–Trinajstić information content (AvgIpc) is 2.25. The molecule has 0 saturated carbocycles. The van der Waals surface area contributed by atoms with Gasteiger partial charge in [-0.05, 0) is 31.9 Å². The molecule has 4 heteroatoms. The lowest BCUT2D eigenvalue weighted by atomic mass is 10.1. The molecule has 0 aliphatic carbocycles. The number of aryl methyl sites for hydroxylation is 1. The summed E-state index contributed by atoms with van der Waals surface area (Å²) in [6.45, 7) is 6.26. The number of rotatable bonds is 5. The Morgan fingerprint density at radius 3 is 2.56 bits per heavy atom. The number of hydrogen-bond acceptors (Lipinski definition) is 3. The van der Waals surface area contributed by atoms with E-state index in [1.54, 1.807) is 0 Å². The van der Waals surface area contributed by atoms with E-state index in [2.05, 4.69) is 24.1 Å². The highest BCUT2D eigenvalue weighted by Gasteiger charge is 2.10. The summed E-state index contributed by atoms with van der Waals surface area (Å²) in [5, 5.41) is 3.39. The summed E-state index contributed by atoms with van der Waals surface area (Å²) >= 11 is 5.02. The van der Waals surface area contributed by atoms with Crippen LogP contribution in [0, 0.1) is 6.92 Å². The van der Waals surface area contributed by atoms with Gasteiger partial charge in [0.2, 0.25) is 0 Å². The molecule has 1 rings (SSSR count). The van der Waals surface area contributed by atoms with Gasteiger partial charge in [0.25, 0.3) is 0 Å². The first-order chi connectivity index (χ1) is 7.58. The molecule has 88 valence electrons. The van der Waals surface area contributed by atoms with Crippen LogP contribution < -0.4 is 11.1 Å². The highest BCUT2D eigenvalue weighted by atomic mass is 32.1. The van der Waals surface area contributed by atoms with E-state index in [-0.39, 0.29) is 0 Å². The van der Waals surface area contributed by atoms with E-state index in [1.165, 1.54) is 0 Å². The Kier molecular flexibility index (Phi) is 4.68.